The van der Waals surface area contributed by atoms with Crippen LogP contribution in [-0.2, 0) is 0 Å². The molecular weight excluding hydrogens is 272 g/mol. The van der Waals surface area contributed by atoms with Crippen molar-refractivity contribution in [1.82, 2.24) is 9.97 Å². The summed E-state index contributed by atoms with van der Waals surface area (Å²) in [6.45, 7) is 4.12. The van der Waals surface area contributed by atoms with Gasteiger partial charge in [0.1, 0.15) is 11.9 Å². The molecule has 0 aliphatic heterocycles. The fourth-order valence-electron chi connectivity index (χ4n) is 1.73. The molecule has 110 valence electrons. The summed E-state index contributed by atoms with van der Waals surface area (Å²) in [5, 5.41) is 13.7. The third-order valence-electron chi connectivity index (χ3n) is 2.90. The van der Waals surface area contributed by atoms with E-state index in [1.807, 2.05) is 18.2 Å². The van der Waals surface area contributed by atoms with E-state index in [-0.39, 0.29) is 17.5 Å². The van der Waals surface area contributed by atoms with Crippen LogP contribution < -0.4 is 10.1 Å². The smallest absolute Gasteiger partial charge is 0.349 e. The highest BCUT2D eigenvalue weighted by molar-refractivity contribution is 5.45. The Morgan fingerprint density at radius 3 is 2.76 bits per heavy atom. The molecule has 0 aliphatic carbocycles. The summed E-state index contributed by atoms with van der Waals surface area (Å²) in [5.74, 6) is 1.02. The molecule has 7 heteroatoms. The molecular formula is C14H16N4O3. The second-order valence-corrected chi connectivity index (χ2v) is 4.72. The number of ether oxygens (including phenoxy) is 1. The van der Waals surface area contributed by atoms with Crippen molar-refractivity contribution < 1.29 is 9.66 Å². The highest BCUT2D eigenvalue weighted by Crippen LogP contribution is 2.30. The average Bonchev–Trinajstić information content (AvgIpc) is 2.47. The minimum atomic E-state index is -0.568. The lowest BCUT2D eigenvalue weighted by atomic mass is 10.0. The average molecular weight is 288 g/mol. The second kappa shape index (κ2) is 6.17. The van der Waals surface area contributed by atoms with Gasteiger partial charge in [-0.25, -0.2) is 4.98 Å². The quantitative estimate of drug-likeness (QED) is 0.670. The predicted octanol–water partition coefficient (Wildman–Crippen LogP) is 3.34. The molecule has 1 aromatic heterocycles. The zero-order valence-electron chi connectivity index (χ0n) is 12.0. The van der Waals surface area contributed by atoms with Crippen LogP contribution in [0.4, 0.5) is 11.6 Å². The van der Waals surface area contributed by atoms with Gasteiger partial charge in [-0.15, -0.1) is 0 Å². The number of hydrogen-bond donors (Lipinski definition) is 1. The molecule has 0 radical (unpaired) electrons. The Hall–Kier alpha value is -2.70. The van der Waals surface area contributed by atoms with Gasteiger partial charge in [0, 0.05) is 7.05 Å². The maximum absolute atomic E-state index is 11.0. The van der Waals surface area contributed by atoms with Gasteiger partial charge in [-0.1, -0.05) is 26.0 Å². The van der Waals surface area contributed by atoms with Crippen LogP contribution >= 0.6 is 0 Å². The van der Waals surface area contributed by atoms with E-state index in [4.69, 9.17) is 4.74 Å². The van der Waals surface area contributed by atoms with Crippen LogP contribution in [0.1, 0.15) is 25.3 Å². The number of nitrogens with one attached hydrogen (secondary N) is 1. The molecule has 1 heterocycles. The number of rotatable bonds is 5. The van der Waals surface area contributed by atoms with Gasteiger partial charge in [-0.05, 0) is 23.6 Å². The molecule has 0 fully saturated rings. The first-order valence-electron chi connectivity index (χ1n) is 6.48. The number of nitrogens with zero attached hydrogens (tertiary/aromatic N) is 3. The molecule has 0 saturated carbocycles. The van der Waals surface area contributed by atoms with E-state index in [1.165, 1.54) is 0 Å². The monoisotopic (exact) mass is 288 g/mol. The van der Waals surface area contributed by atoms with Crippen LogP contribution in [-0.4, -0.2) is 21.9 Å². The zero-order chi connectivity index (χ0) is 15.4. The molecule has 0 unspecified atom stereocenters. The van der Waals surface area contributed by atoms with Crippen molar-refractivity contribution in [3.63, 3.8) is 0 Å². The first kappa shape index (κ1) is 14.7. The number of nitro groups is 1. The molecule has 1 aromatic carbocycles. The van der Waals surface area contributed by atoms with Crippen molar-refractivity contribution in [1.29, 1.82) is 0 Å². The topological polar surface area (TPSA) is 90.2 Å². The molecule has 0 atom stereocenters. The van der Waals surface area contributed by atoms with Crippen molar-refractivity contribution in [2.24, 2.45) is 0 Å². The van der Waals surface area contributed by atoms with E-state index in [9.17, 15) is 10.1 Å². The van der Waals surface area contributed by atoms with Gasteiger partial charge in [0.25, 0.3) is 0 Å². The van der Waals surface area contributed by atoms with Crippen molar-refractivity contribution in [2.45, 2.75) is 19.8 Å². The zero-order valence-corrected chi connectivity index (χ0v) is 12.0. The van der Waals surface area contributed by atoms with E-state index in [2.05, 4.69) is 29.1 Å². The van der Waals surface area contributed by atoms with Crippen LogP contribution in [0.25, 0.3) is 0 Å². The highest BCUT2D eigenvalue weighted by Gasteiger charge is 2.19. The summed E-state index contributed by atoms with van der Waals surface area (Å²) in [7, 11) is 1.63. The molecule has 2 rings (SSSR count). The lowest BCUT2D eigenvalue weighted by molar-refractivity contribution is -0.386. The Bertz CT molecular complexity index is 658. The summed E-state index contributed by atoms with van der Waals surface area (Å²) < 4.78 is 5.57. The van der Waals surface area contributed by atoms with Gasteiger partial charge in [0.05, 0.1) is 4.92 Å². The maximum atomic E-state index is 11.0. The number of anilines is 1. The highest BCUT2D eigenvalue weighted by atomic mass is 16.6. The Morgan fingerprint density at radius 2 is 2.14 bits per heavy atom. The standard InChI is InChI=1S/C14H16N4O3/c1-9(2)10-5-4-6-11(7-10)21-13-12(18(19)20)8-16-14(15-3)17-13/h4-9H,1-3H3,(H,15,16,17). The first-order valence-corrected chi connectivity index (χ1v) is 6.48. The fourth-order valence-corrected chi connectivity index (χ4v) is 1.73. The minimum Gasteiger partial charge on any atom is -0.434 e. The molecule has 2 aromatic rings. The summed E-state index contributed by atoms with van der Waals surface area (Å²) in [5.41, 5.74) is 0.807. The Balaban J connectivity index is 2.38. The van der Waals surface area contributed by atoms with E-state index < -0.39 is 4.92 Å². The minimum absolute atomic E-state index is 0.0831. The van der Waals surface area contributed by atoms with Gasteiger partial charge in [-0.3, -0.25) is 10.1 Å². The lowest BCUT2D eigenvalue weighted by Gasteiger charge is -2.09. The van der Waals surface area contributed by atoms with Crippen molar-refractivity contribution in [3.8, 4) is 11.6 Å². The molecule has 0 bridgehead atoms. The molecule has 1 N–H and O–H groups in total. The van der Waals surface area contributed by atoms with Gasteiger partial charge >= 0.3 is 11.6 Å². The predicted molar refractivity (Wildman–Crippen MR) is 78.8 cm³/mol. The largest absolute Gasteiger partial charge is 0.434 e. The third-order valence-corrected chi connectivity index (χ3v) is 2.90. The maximum Gasteiger partial charge on any atom is 0.349 e. The Morgan fingerprint density at radius 1 is 1.38 bits per heavy atom. The molecule has 7 nitrogen and oxygen atoms in total. The second-order valence-electron chi connectivity index (χ2n) is 4.72. The Labute approximate surface area is 122 Å². The van der Waals surface area contributed by atoms with E-state index in [0.717, 1.165) is 11.8 Å². The van der Waals surface area contributed by atoms with E-state index in [0.29, 0.717) is 11.7 Å². The summed E-state index contributed by atoms with van der Waals surface area (Å²) >= 11 is 0. The number of aromatic nitrogens is 2. The SMILES string of the molecule is CNc1ncc([N+](=O)[O-])c(Oc2cccc(C(C)C)c2)n1. The molecule has 0 amide bonds. The van der Waals surface area contributed by atoms with Gasteiger partial charge in [-0.2, -0.15) is 4.98 Å². The van der Waals surface area contributed by atoms with Crippen LogP contribution in [0.15, 0.2) is 30.5 Å². The van der Waals surface area contributed by atoms with Gasteiger partial charge in [0.15, 0.2) is 0 Å². The summed E-state index contributed by atoms with van der Waals surface area (Å²) in [6.07, 6.45) is 1.13. The van der Waals surface area contributed by atoms with E-state index in [1.54, 1.807) is 13.1 Å². The van der Waals surface area contributed by atoms with Crippen molar-refractivity contribution in [3.05, 3.63) is 46.1 Å². The lowest BCUT2D eigenvalue weighted by Crippen LogP contribution is -2.02. The summed E-state index contributed by atoms with van der Waals surface area (Å²) in [4.78, 5) is 18.3. The van der Waals surface area contributed by atoms with Crippen LogP contribution in [0.2, 0.25) is 0 Å². The number of benzene rings is 1. The van der Waals surface area contributed by atoms with Crippen LogP contribution in [0.5, 0.6) is 11.6 Å². The molecule has 0 aliphatic rings. The Kier molecular flexibility index (Phi) is 4.32. The van der Waals surface area contributed by atoms with Crippen molar-refractivity contribution in [2.75, 3.05) is 12.4 Å². The first-order chi connectivity index (χ1) is 10.0. The summed E-state index contributed by atoms with van der Waals surface area (Å²) in [6, 6.07) is 7.40. The van der Waals surface area contributed by atoms with Crippen molar-refractivity contribution >= 4 is 11.6 Å². The van der Waals surface area contributed by atoms with Crippen LogP contribution in [0, 0.1) is 10.1 Å². The fraction of sp³-hybridized carbons (Fsp3) is 0.286. The van der Waals surface area contributed by atoms with Crippen LogP contribution in [0.3, 0.4) is 0 Å². The van der Waals surface area contributed by atoms with Gasteiger partial charge < -0.3 is 10.1 Å². The normalized spacial score (nSPS) is 10.5. The van der Waals surface area contributed by atoms with Gasteiger partial charge in [0.2, 0.25) is 5.95 Å². The molecule has 0 saturated heterocycles. The third kappa shape index (κ3) is 3.44. The molecule has 0 spiro atoms. The molecule has 21 heavy (non-hydrogen) atoms. The number of hydrogen-bond acceptors (Lipinski definition) is 6. The van der Waals surface area contributed by atoms with E-state index >= 15 is 0 Å².